The molecule has 6 N–H and O–H groups in total. The molecule has 0 fully saturated rings. The summed E-state index contributed by atoms with van der Waals surface area (Å²) in [5.74, 6) is 0. The molecule has 0 spiro atoms. The average molecular weight is 303 g/mol. The Hall–Kier alpha value is -1.92. The first-order chi connectivity index (χ1) is 8.68. The smallest absolute Gasteiger partial charge is 0.213 e. The van der Waals surface area contributed by atoms with Crippen molar-refractivity contribution in [2.45, 2.75) is 0 Å². The van der Waals surface area contributed by atoms with Crippen LogP contribution in [0.1, 0.15) is 0 Å². The van der Waals surface area contributed by atoms with E-state index in [4.69, 9.17) is 0 Å². The Bertz CT molecular complexity index is 535. The summed E-state index contributed by atoms with van der Waals surface area (Å²) >= 11 is 13.6. The van der Waals surface area contributed by atoms with Crippen LogP contribution in [0.25, 0.3) is 0 Å². The van der Waals surface area contributed by atoms with Gasteiger partial charge in [0.15, 0.2) is 0 Å². The second-order valence-corrected chi connectivity index (χ2v) is 3.66. The van der Waals surface area contributed by atoms with Crippen LogP contribution in [0.15, 0.2) is 19.0 Å². The fraction of sp³-hybridized carbons (Fsp3) is 0. The van der Waals surface area contributed by atoms with Gasteiger partial charge in [-0.05, 0) is 36.7 Å². The third kappa shape index (κ3) is 6.62. The Labute approximate surface area is 115 Å². The van der Waals surface area contributed by atoms with Crippen molar-refractivity contribution in [3.05, 3.63) is 33.3 Å². The first kappa shape index (κ1) is 14.1. The van der Waals surface area contributed by atoms with Gasteiger partial charge in [0.25, 0.3) is 0 Å². The standard InChI is InChI=1S/3C2H3N3S/c3*6-2-3-1-4-5-2/h3*1H,(H2,3,4,5,6). The maximum atomic E-state index is 4.55. The van der Waals surface area contributed by atoms with Crippen LogP contribution in [-0.2, 0) is 0 Å². The van der Waals surface area contributed by atoms with E-state index >= 15 is 0 Å². The molecule has 18 heavy (non-hydrogen) atoms. The van der Waals surface area contributed by atoms with E-state index in [1.54, 1.807) is 0 Å². The zero-order valence-electron chi connectivity index (χ0n) is 8.80. The topological polar surface area (TPSA) is 133 Å². The molecule has 3 aromatic heterocycles. The lowest BCUT2D eigenvalue weighted by Gasteiger charge is -1.54. The van der Waals surface area contributed by atoms with Crippen LogP contribution in [0.5, 0.6) is 0 Å². The first-order valence-electron chi connectivity index (χ1n) is 4.42. The number of nitrogens with zero attached hydrogens (tertiary/aromatic N) is 3. The van der Waals surface area contributed by atoms with E-state index in [9.17, 15) is 0 Å². The Morgan fingerprint density at radius 2 is 0.889 bits per heavy atom. The monoisotopic (exact) mass is 303 g/mol. The molecule has 0 saturated carbocycles. The third-order valence-electron chi connectivity index (χ3n) is 1.28. The molecule has 0 aliphatic carbocycles. The predicted octanol–water partition coefficient (Wildman–Crippen LogP) is 1.40. The van der Waals surface area contributed by atoms with Gasteiger partial charge in [0.2, 0.25) is 14.3 Å². The van der Waals surface area contributed by atoms with Crippen molar-refractivity contribution in [1.29, 1.82) is 0 Å². The van der Waals surface area contributed by atoms with Gasteiger partial charge in [-0.2, -0.15) is 0 Å². The Morgan fingerprint density at radius 1 is 0.611 bits per heavy atom. The van der Waals surface area contributed by atoms with Crippen LogP contribution in [0.4, 0.5) is 0 Å². The van der Waals surface area contributed by atoms with Crippen LogP contribution in [-0.4, -0.2) is 45.5 Å². The quantitative estimate of drug-likeness (QED) is 0.348. The molecule has 0 aromatic carbocycles. The minimum Gasteiger partial charge on any atom is -0.288 e. The second-order valence-electron chi connectivity index (χ2n) is 2.50. The third-order valence-corrected chi connectivity index (χ3v) is 1.90. The molecule has 0 radical (unpaired) electrons. The summed E-state index contributed by atoms with van der Waals surface area (Å²) in [7, 11) is 0. The van der Waals surface area contributed by atoms with Gasteiger partial charge in [0.05, 0.1) is 0 Å². The van der Waals surface area contributed by atoms with E-state index in [2.05, 4.69) is 82.2 Å². The maximum Gasteiger partial charge on any atom is 0.213 e. The van der Waals surface area contributed by atoms with E-state index in [-0.39, 0.29) is 0 Å². The summed E-state index contributed by atoms with van der Waals surface area (Å²) in [6, 6.07) is 0. The van der Waals surface area contributed by atoms with Crippen LogP contribution >= 0.6 is 36.7 Å². The summed E-state index contributed by atoms with van der Waals surface area (Å²) in [4.78, 5) is 10.9. The van der Waals surface area contributed by atoms with Crippen LogP contribution in [0.3, 0.4) is 0 Å². The lowest BCUT2D eigenvalue weighted by Crippen LogP contribution is -1.59. The molecule has 0 saturated heterocycles. The SMILES string of the molecule is S=c1nc[nH][nH]1.S=c1nc[nH][nH]1.S=c1nc[nH][nH]1. The van der Waals surface area contributed by atoms with Crippen LogP contribution in [0.2, 0.25) is 0 Å². The zero-order valence-corrected chi connectivity index (χ0v) is 11.2. The van der Waals surface area contributed by atoms with Gasteiger partial charge in [-0.25, -0.2) is 15.0 Å². The van der Waals surface area contributed by atoms with Gasteiger partial charge < -0.3 is 0 Å². The maximum absolute atomic E-state index is 4.55. The molecule has 0 atom stereocenters. The van der Waals surface area contributed by atoms with E-state index in [1.807, 2.05) is 0 Å². The number of rotatable bonds is 0. The molecule has 3 rings (SSSR count). The highest BCUT2D eigenvalue weighted by Gasteiger charge is 1.67. The number of aromatic amines is 6. The highest BCUT2D eigenvalue weighted by Crippen LogP contribution is 1.67. The highest BCUT2D eigenvalue weighted by atomic mass is 32.1. The highest BCUT2D eigenvalue weighted by molar-refractivity contribution is 7.71. The van der Waals surface area contributed by atoms with Crippen molar-refractivity contribution in [2.75, 3.05) is 0 Å². The zero-order chi connectivity index (χ0) is 13.2. The van der Waals surface area contributed by atoms with Crippen molar-refractivity contribution < 1.29 is 0 Å². The van der Waals surface area contributed by atoms with E-state index in [1.165, 1.54) is 19.0 Å². The summed E-state index contributed by atoms with van der Waals surface area (Å²) in [5, 5.41) is 15.5. The molecular formula is C6H9N9S3. The molecule has 9 nitrogen and oxygen atoms in total. The summed E-state index contributed by atoms with van der Waals surface area (Å²) in [6.45, 7) is 0. The molecule has 0 aliphatic heterocycles. The summed E-state index contributed by atoms with van der Waals surface area (Å²) < 4.78 is 1.49. The van der Waals surface area contributed by atoms with Crippen LogP contribution in [0, 0.1) is 14.3 Å². The van der Waals surface area contributed by atoms with Gasteiger partial charge in [0, 0.05) is 0 Å². The minimum absolute atomic E-state index is 0.495. The number of hydrogen-bond donors (Lipinski definition) is 6. The summed E-state index contributed by atoms with van der Waals surface area (Å²) in [6.07, 6.45) is 4.51. The Kier molecular flexibility index (Phi) is 6.45. The molecule has 0 unspecified atom stereocenters. The van der Waals surface area contributed by atoms with E-state index in [0.717, 1.165) is 0 Å². The molecule has 0 amide bonds. The largest absolute Gasteiger partial charge is 0.288 e. The van der Waals surface area contributed by atoms with E-state index < -0.39 is 0 Å². The van der Waals surface area contributed by atoms with Crippen molar-refractivity contribution >= 4 is 36.7 Å². The van der Waals surface area contributed by atoms with Gasteiger partial charge in [-0.15, -0.1) is 0 Å². The summed E-state index contributed by atoms with van der Waals surface area (Å²) in [5.41, 5.74) is 0. The Morgan fingerprint density at radius 3 is 0.944 bits per heavy atom. The van der Waals surface area contributed by atoms with E-state index in [0.29, 0.717) is 14.3 Å². The predicted molar refractivity (Wildman–Crippen MR) is 71.3 cm³/mol. The van der Waals surface area contributed by atoms with Gasteiger partial charge in [-0.1, -0.05) is 0 Å². The van der Waals surface area contributed by atoms with Crippen molar-refractivity contribution in [2.24, 2.45) is 0 Å². The molecule has 3 heterocycles. The van der Waals surface area contributed by atoms with Crippen LogP contribution < -0.4 is 0 Å². The van der Waals surface area contributed by atoms with Crippen molar-refractivity contribution in [3.63, 3.8) is 0 Å². The molecule has 12 heteroatoms. The molecule has 0 bridgehead atoms. The molecule has 96 valence electrons. The number of aromatic nitrogens is 9. The number of nitrogens with one attached hydrogen (secondary N) is 6. The van der Waals surface area contributed by atoms with Crippen molar-refractivity contribution in [1.82, 2.24) is 45.5 Å². The fourth-order valence-electron chi connectivity index (χ4n) is 0.652. The normalized spacial score (nSPS) is 8.67. The molecular weight excluding hydrogens is 294 g/mol. The molecule has 0 aliphatic rings. The Balaban J connectivity index is 0.000000135. The average Bonchev–Trinajstić information content (AvgIpc) is 3.05. The first-order valence-corrected chi connectivity index (χ1v) is 5.65. The van der Waals surface area contributed by atoms with Gasteiger partial charge in [-0.3, -0.25) is 30.6 Å². The van der Waals surface area contributed by atoms with Crippen molar-refractivity contribution in [3.8, 4) is 0 Å². The second kappa shape index (κ2) is 8.21. The van der Waals surface area contributed by atoms with Gasteiger partial charge >= 0.3 is 0 Å². The fourth-order valence-corrected chi connectivity index (χ4v) is 0.986. The minimum atomic E-state index is 0.495. The lowest BCUT2D eigenvalue weighted by atomic mass is 11.3. The number of hydrogen-bond acceptors (Lipinski definition) is 6. The van der Waals surface area contributed by atoms with Gasteiger partial charge in [0.1, 0.15) is 19.0 Å². The lowest BCUT2D eigenvalue weighted by molar-refractivity contribution is 1.08. The number of H-pyrrole nitrogens is 6. The molecule has 3 aromatic rings.